The van der Waals surface area contributed by atoms with Crippen LogP contribution in [0.1, 0.15) is 46.2 Å². The summed E-state index contributed by atoms with van der Waals surface area (Å²) in [5.74, 6) is 0. The summed E-state index contributed by atoms with van der Waals surface area (Å²) in [6.07, 6.45) is 0. The van der Waals surface area contributed by atoms with Crippen LogP contribution >= 0.6 is 15.9 Å². The summed E-state index contributed by atoms with van der Waals surface area (Å²) in [5.41, 5.74) is 23.3. The summed E-state index contributed by atoms with van der Waals surface area (Å²) < 4.78 is 30.6. The Balaban J connectivity index is 0.000000125. The second kappa shape index (κ2) is 26.7. The van der Waals surface area contributed by atoms with Gasteiger partial charge in [0.2, 0.25) is 0 Å². The summed E-state index contributed by atoms with van der Waals surface area (Å²) in [4.78, 5) is 0. The lowest BCUT2D eigenvalue weighted by Gasteiger charge is -2.32. The summed E-state index contributed by atoms with van der Waals surface area (Å²) in [7, 11) is -0.409. The zero-order valence-electron chi connectivity index (χ0n) is 56.4. The molecule has 1 fully saturated rings. The first-order valence-corrected chi connectivity index (χ1v) is 35.0. The topological polar surface area (TPSA) is 102 Å². The van der Waals surface area contributed by atoms with Gasteiger partial charge in [-0.15, -0.1) is 0 Å². The molecule has 5 heterocycles. The van der Waals surface area contributed by atoms with Crippen molar-refractivity contribution in [1.82, 2.24) is 9.13 Å². The molecule has 14 aromatic carbocycles. The SMILES string of the molecule is Brc1cccc(-c2ccccc2)c1-c1cccc2oc3ccccc3c12.C.CC1(C)OB(c2cccc(-n3c4ccccc4c4cc(C#N)ccc43)c2)OC1(C)C.N#Cc1ccc2c(c1)c1ccccc1n2-c1cccc(-c2cccc(-c3ccccc3)c2-c2cccc3oc4ccccc4c23)c1. The molecule has 1 aliphatic heterocycles. The van der Waals surface area contributed by atoms with E-state index >= 15 is 0 Å². The van der Waals surface area contributed by atoms with Gasteiger partial charge in [-0.1, -0.05) is 236 Å². The van der Waals surface area contributed by atoms with E-state index < -0.39 is 7.12 Å². The minimum absolute atomic E-state index is 0. The molecule has 0 amide bonds. The Morgan fingerprint density at radius 3 is 1.23 bits per heavy atom. The van der Waals surface area contributed by atoms with Crippen molar-refractivity contribution >= 4 is 116 Å². The number of benzene rings is 14. The number of rotatable bonds is 8. The molecule has 1 saturated heterocycles. The molecule has 18 aromatic rings. The van der Waals surface area contributed by atoms with Crippen molar-refractivity contribution in [1.29, 1.82) is 10.5 Å². The fourth-order valence-corrected chi connectivity index (χ4v) is 15.4. The van der Waals surface area contributed by atoms with E-state index in [0.717, 1.165) is 131 Å². The molecule has 10 heteroatoms. The molecule has 0 aliphatic carbocycles. The Morgan fingerprint density at radius 2 is 0.709 bits per heavy atom. The zero-order chi connectivity index (χ0) is 69.2. The van der Waals surface area contributed by atoms with Crippen molar-refractivity contribution in [2.75, 3.05) is 0 Å². The third-order valence-electron chi connectivity index (χ3n) is 20.3. The van der Waals surface area contributed by atoms with Gasteiger partial charge in [-0.25, -0.2) is 0 Å². The van der Waals surface area contributed by atoms with Crippen molar-refractivity contribution in [3.05, 3.63) is 331 Å². The lowest BCUT2D eigenvalue weighted by molar-refractivity contribution is 0.00578. The van der Waals surface area contributed by atoms with Crippen LogP contribution in [0.25, 0.3) is 154 Å². The van der Waals surface area contributed by atoms with Gasteiger partial charge in [-0.05, 0) is 186 Å². The third kappa shape index (κ3) is 11.5. The molecule has 0 N–H and O–H groups in total. The Hall–Kier alpha value is -12.3. The van der Waals surface area contributed by atoms with E-state index in [9.17, 15) is 10.5 Å². The highest BCUT2D eigenvalue weighted by Gasteiger charge is 2.51. The van der Waals surface area contributed by atoms with Gasteiger partial charge in [0.25, 0.3) is 0 Å². The largest absolute Gasteiger partial charge is 0.494 e. The monoisotopic (exact) mass is 1390 g/mol. The standard InChI is InChI=1S/C43H26N2O.C25H23BN2O2.C24H15BrO.CH4/c44-27-28-23-24-39-37(25-28)34-15-4-6-20-38(34)45(39)31-14-8-13-30(26-31)33-18-9-17-32(29-11-2-1-3-12-29)42(33)36-19-10-22-41-43(36)35-16-5-7-21-40(35)46-41;1-24(2)25(3,4)30-26(29-24)18-8-7-9-19(15-18)28-22-11-6-5-10-20(22)21-14-17(16-27)12-13-23(21)28;25-20-13-6-11-17(16-8-2-1-3-9-16)23(20)19-12-7-15-22-24(19)18-10-4-5-14-21(18)26-22;/h1-26H;5-15H,1-4H3;1-15H;1H4. The van der Waals surface area contributed by atoms with Crippen LogP contribution in [0.3, 0.4) is 0 Å². The molecule has 0 unspecified atom stereocenters. The maximum Gasteiger partial charge on any atom is 0.494 e. The molecule has 494 valence electrons. The number of nitrogens with zero attached hydrogens (tertiary/aromatic N) is 4. The fraction of sp³-hybridized carbons (Fsp3) is 0.0753. The molecule has 1 aliphatic rings. The number of nitriles is 2. The van der Waals surface area contributed by atoms with Gasteiger partial charge in [0.05, 0.1) is 56.5 Å². The molecule has 0 bridgehead atoms. The minimum atomic E-state index is -0.409. The van der Waals surface area contributed by atoms with E-state index in [2.05, 4.69) is 289 Å². The summed E-state index contributed by atoms with van der Waals surface area (Å²) in [6.45, 7) is 8.26. The second-order valence-corrected chi connectivity index (χ2v) is 27.7. The van der Waals surface area contributed by atoms with E-state index in [1.54, 1.807) is 0 Å². The van der Waals surface area contributed by atoms with E-state index in [1.165, 1.54) is 33.4 Å². The maximum absolute atomic E-state index is 9.63. The van der Waals surface area contributed by atoms with Crippen LogP contribution in [0.5, 0.6) is 0 Å². The predicted molar refractivity (Wildman–Crippen MR) is 429 cm³/mol. The second-order valence-electron chi connectivity index (χ2n) is 26.8. The van der Waals surface area contributed by atoms with Crippen LogP contribution in [0.15, 0.2) is 329 Å². The van der Waals surface area contributed by atoms with Crippen LogP contribution in [-0.4, -0.2) is 27.5 Å². The lowest BCUT2D eigenvalue weighted by Crippen LogP contribution is -2.41. The van der Waals surface area contributed by atoms with E-state index in [-0.39, 0.29) is 18.6 Å². The number of halogens is 1. The molecule has 0 spiro atoms. The lowest BCUT2D eigenvalue weighted by atomic mass is 9.79. The van der Waals surface area contributed by atoms with Gasteiger partial charge in [-0.3, -0.25) is 0 Å². The van der Waals surface area contributed by atoms with Crippen molar-refractivity contribution in [3.63, 3.8) is 0 Å². The first-order valence-electron chi connectivity index (χ1n) is 34.2. The Kier molecular flexibility index (Phi) is 16.9. The van der Waals surface area contributed by atoms with Crippen LogP contribution in [0.2, 0.25) is 0 Å². The number of furan rings is 2. The normalized spacial score (nSPS) is 13.1. The van der Waals surface area contributed by atoms with Crippen LogP contribution in [0.4, 0.5) is 0 Å². The first kappa shape index (κ1) is 65.3. The maximum atomic E-state index is 9.63. The van der Waals surface area contributed by atoms with Crippen molar-refractivity contribution in [2.24, 2.45) is 0 Å². The molecular formula is C93H68BBrN4O4. The summed E-state index contributed by atoms with van der Waals surface area (Å²) in [5, 5.41) is 27.9. The van der Waals surface area contributed by atoms with Gasteiger partial charge < -0.3 is 27.3 Å². The fourth-order valence-electron chi connectivity index (χ4n) is 14.8. The number of fused-ring (bicyclic) bond motifs is 12. The Labute approximate surface area is 606 Å². The Morgan fingerprint density at radius 1 is 0.330 bits per heavy atom. The molecule has 4 aromatic heterocycles. The summed E-state index contributed by atoms with van der Waals surface area (Å²) in [6, 6.07) is 113. The Bertz CT molecular complexity index is 6390. The predicted octanol–water partition coefficient (Wildman–Crippen LogP) is 24.8. The molecule has 0 radical (unpaired) electrons. The van der Waals surface area contributed by atoms with E-state index in [4.69, 9.17) is 18.1 Å². The smallest absolute Gasteiger partial charge is 0.456 e. The number of hydrogen-bond acceptors (Lipinski definition) is 6. The highest BCUT2D eigenvalue weighted by molar-refractivity contribution is 9.10. The molecular weight excluding hydrogens is 1330 g/mol. The number of para-hydroxylation sites is 4. The first-order chi connectivity index (χ1) is 49.9. The van der Waals surface area contributed by atoms with Gasteiger partial charge in [0, 0.05) is 64.5 Å². The molecule has 19 rings (SSSR count). The van der Waals surface area contributed by atoms with Gasteiger partial charge in [0.1, 0.15) is 22.3 Å². The molecule has 103 heavy (non-hydrogen) atoms. The average Bonchev–Trinajstić information content (AvgIpc) is 1.58. The van der Waals surface area contributed by atoms with Crippen LogP contribution in [-0.2, 0) is 9.31 Å². The minimum Gasteiger partial charge on any atom is -0.456 e. The average molecular weight is 1400 g/mol. The quantitative estimate of drug-likeness (QED) is 0.140. The molecule has 8 nitrogen and oxygen atoms in total. The highest BCUT2D eigenvalue weighted by Crippen LogP contribution is 2.48. The van der Waals surface area contributed by atoms with E-state index in [1.807, 2.05) is 91.0 Å². The third-order valence-corrected chi connectivity index (χ3v) is 20.9. The van der Waals surface area contributed by atoms with Crippen molar-refractivity contribution in [3.8, 4) is 79.1 Å². The van der Waals surface area contributed by atoms with Crippen molar-refractivity contribution in [2.45, 2.75) is 46.3 Å². The number of hydrogen-bond donors (Lipinski definition) is 0. The van der Waals surface area contributed by atoms with E-state index in [0.29, 0.717) is 11.1 Å². The van der Waals surface area contributed by atoms with Gasteiger partial charge >= 0.3 is 7.12 Å². The van der Waals surface area contributed by atoms with Crippen LogP contribution < -0.4 is 5.46 Å². The van der Waals surface area contributed by atoms with Gasteiger partial charge in [0.15, 0.2) is 0 Å². The highest BCUT2D eigenvalue weighted by atomic mass is 79.9. The molecule has 0 saturated carbocycles. The van der Waals surface area contributed by atoms with Gasteiger partial charge in [-0.2, -0.15) is 10.5 Å². The number of aromatic nitrogens is 2. The zero-order valence-corrected chi connectivity index (χ0v) is 58.0. The van der Waals surface area contributed by atoms with Crippen LogP contribution in [0, 0.1) is 22.7 Å². The van der Waals surface area contributed by atoms with Crippen molar-refractivity contribution < 1.29 is 18.1 Å². The molecule has 0 atom stereocenters. The summed E-state index contributed by atoms with van der Waals surface area (Å²) >= 11 is 3.79.